The third kappa shape index (κ3) is 14.3. The maximum Gasteiger partial charge on any atom is 0.426 e. The third-order valence-electron chi connectivity index (χ3n) is 7.78. The molecule has 0 aliphatic carbocycles. The largest absolute Gasteiger partial charge is 0.483 e. The average Bonchev–Trinajstić information content (AvgIpc) is 3.45. The van der Waals surface area contributed by atoms with E-state index in [2.05, 4.69) is 0 Å². The van der Waals surface area contributed by atoms with Crippen molar-refractivity contribution >= 4 is 63.5 Å². The molecule has 1 aliphatic rings. The van der Waals surface area contributed by atoms with Crippen LogP contribution in [0, 0.1) is 0 Å². The fraction of sp³-hybridized carbons (Fsp3) is 0.459. The molecule has 17 heteroatoms. The van der Waals surface area contributed by atoms with E-state index in [0.29, 0.717) is 24.7 Å². The van der Waals surface area contributed by atoms with Crippen LogP contribution in [0.4, 0.5) is 4.79 Å². The molecule has 1 aliphatic heterocycles. The molecule has 0 saturated heterocycles. The molecule has 0 spiro atoms. The molecule has 0 unspecified atom stereocenters. The van der Waals surface area contributed by atoms with Crippen LogP contribution in [0.2, 0.25) is 0 Å². The van der Waals surface area contributed by atoms with Crippen LogP contribution in [-0.4, -0.2) is 106 Å². The van der Waals surface area contributed by atoms with E-state index in [1.807, 2.05) is 63.1 Å². The van der Waals surface area contributed by atoms with Crippen molar-refractivity contribution < 1.29 is 40.6 Å². The van der Waals surface area contributed by atoms with E-state index in [-0.39, 0.29) is 51.4 Å². The molecule has 54 heavy (non-hydrogen) atoms. The van der Waals surface area contributed by atoms with E-state index >= 15 is 0 Å². The smallest absolute Gasteiger partial charge is 0.426 e. The van der Waals surface area contributed by atoms with Crippen LogP contribution >= 0.6 is 33.7 Å². The van der Waals surface area contributed by atoms with Crippen LogP contribution in [0.1, 0.15) is 46.6 Å². The first-order valence-electron chi connectivity index (χ1n) is 17.3. The Balaban J connectivity index is 0.000000291. The van der Waals surface area contributed by atoms with Crippen LogP contribution in [0.3, 0.4) is 0 Å². The van der Waals surface area contributed by atoms with Crippen molar-refractivity contribution in [3.05, 3.63) is 84.4 Å². The molecule has 0 atom stereocenters. The predicted octanol–water partition coefficient (Wildman–Crippen LogP) is 7.22. The number of carbonyl (C=O) groups excluding carboxylic acids is 2. The lowest BCUT2D eigenvalue weighted by atomic mass is 10.0. The SMILES string of the molecule is CCOC(=O)CCN(SN(C)C(=O)Oc1cccc2c1OC(C)(C)C2)C(C)C.CN(C)C(CSS(=O)(=O)c1ccccc1)CSS(=O)(=O)c1ccccc1. The molecule has 0 N–H and O–H groups in total. The summed E-state index contributed by atoms with van der Waals surface area (Å²) in [5, 5.41) is 0. The molecule has 0 aromatic heterocycles. The van der Waals surface area contributed by atoms with Gasteiger partial charge in [0.05, 0.1) is 22.8 Å². The van der Waals surface area contributed by atoms with Crippen molar-refractivity contribution in [3.8, 4) is 11.5 Å². The number of rotatable bonds is 17. The zero-order valence-electron chi connectivity index (χ0n) is 32.0. The summed E-state index contributed by atoms with van der Waals surface area (Å²) in [6, 6.07) is 22.0. The summed E-state index contributed by atoms with van der Waals surface area (Å²) < 4.78 is 69.4. The Morgan fingerprint density at radius 1 is 0.833 bits per heavy atom. The summed E-state index contributed by atoms with van der Waals surface area (Å²) in [4.78, 5) is 26.6. The molecular weight excluding hydrogens is 791 g/mol. The van der Waals surface area contributed by atoms with Crippen LogP contribution in [0.25, 0.3) is 0 Å². The van der Waals surface area contributed by atoms with E-state index in [9.17, 15) is 26.4 Å². The standard InChI is InChI=1S/C20H30N2O5S.C17H21NO4S4/c1-7-25-17(23)11-12-22(14(2)3)28-21(6)19(24)26-16-10-8-9-15-13-20(4,5)27-18(15)16;1-18(2)15(13-23-25(19,20)16-9-5-3-6-10-16)14-24-26(21,22)17-11-7-4-8-12-17/h8-10,14H,7,11-13H2,1-6H3;3-12,15H,13-14H2,1-2H3. The van der Waals surface area contributed by atoms with Crippen molar-refractivity contribution in [1.29, 1.82) is 0 Å². The second kappa shape index (κ2) is 20.8. The second-order valence-electron chi connectivity index (χ2n) is 13.2. The van der Waals surface area contributed by atoms with Gasteiger partial charge in [-0.3, -0.25) is 4.79 Å². The van der Waals surface area contributed by atoms with Gasteiger partial charge in [0.1, 0.15) is 5.60 Å². The van der Waals surface area contributed by atoms with Gasteiger partial charge in [-0.15, -0.1) is 0 Å². The Labute approximate surface area is 332 Å². The second-order valence-corrected chi connectivity index (χ2v) is 22.4. The quantitative estimate of drug-likeness (QED) is 0.0768. The maximum absolute atomic E-state index is 12.6. The highest BCUT2D eigenvalue weighted by atomic mass is 33.1. The number of hydrogen-bond acceptors (Lipinski definition) is 14. The number of esters is 1. The van der Waals surface area contributed by atoms with Gasteiger partial charge >= 0.3 is 12.1 Å². The lowest BCUT2D eigenvalue weighted by molar-refractivity contribution is -0.143. The summed E-state index contributed by atoms with van der Waals surface area (Å²) in [6.07, 6.45) is 0.526. The summed E-state index contributed by atoms with van der Waals surface area (Å²) in [5.74, 6) is 1.35. The van der Waals surface area contributed by atoms with Crippen molar-refractivity contribution in [2.24, 2.45) is 0 Å². The summed E-state index contributed by atoms with van der Waals surface area (Å²) in [6.45, 7) is 10.6. The normalized spacial score (nSPS) is 13.6. The van der Waals surface area contributed by atoms with E-state index in [1.54, 1.807) is 80.7 Å². The molecule has 298 valence electrons. The Morgan fingerprint density at radius 2 is 1.37 bits per heavy atom. The van der Waals surface area contributed by atoms with Gasteiger partial charge in [0.2, 0.25) is 17.7 Å². The van der Waals surface area contributed by atoms with Gasteiger partial charge in [-0.1, -0.05) is 48.5 Å². The van der Waals surface area contributed by atoms with Gasteiger partial charge in [0.15, 0.2) is 11.5 Å². The number of benzene rings is 3. The van der Waals surface area contributed by atoms with Gasteiger partial charge in [0, 0.05) is 61.3 Å². The van der Waals surface area contributed by atoms with Crippen molar-refractivity contribution in [3.63, 3.8) is 0 Å². The van der Waals surface area contributed by atoms with Gasteiger partial charge in [-0.25, -0.2) is 30.2 Å². The first-order valence-corrected chi connectivity index (χ1v) is 24.0. The van der Waals surface area contributed by atoms with Crippen LogP contribution in [-0.2, 0) is 33.7 Å². The Bertz CT molecular complexity index is 1810. The molecule has 0 bridgehead atoms. The van der Waals surface area contributed by atoms with Crippen molar-refractivity contribution in [2.75, 3.05) is 45.8 Å². The maximum atomic E-state index is 12.6. The van der Waals surface area contributed by atoms with E-state index in [4.69, 9.17) is 14.2 Å². The average molecular weight is 842 g/mol. The lowest BCUT2D eigenvalue weighted by Crippen LogP contribution is -2.34. The molecule has 3 aromatic carbocycles. The molecule has 0 radical (unpaired) electrons. The Morgan fingerprint density at radius 3 is 1.85 bits per heavy atom. The highest BCUT2D eigenvalue weighted by Crippen LogP contribution is 2.42. The third-order valence-corrected chi connectivity index (χ3v) is 16.2. The predicted molar refractivity (Wildman–Crippen MR) is 219 cm³/mol. The number of fused-ring (bicyclic) bond motifs is 1. The number of hydrogen-bond donors (Lipinski definition) is 0. The highest BCUT2D eigenvalue weighted by Gasteiger charge is 2.33. The summed E-state index contributed by atoms with van der Waals surface area (Å²) >= 11 is 1.22. The van der Waals surface area contributed by atoms with Gasteiger partial charge < -0.3 is 19.1 Å². The molecule has 3 aromatic rings. The van der Waals surface area contributed by atoms with Crippen molar-refractivity contribution in [1.82, 2.24) is 13.5 Å². The van der Waals surface area contributed by atoms with Gasteiger partial charge in [-0.05, 0) is 101 Å². The number of para-hydroxylation sites is 1. The minimum Gasteiger partial charge on any atom is -0.483 e. The molecule has 1 heterocycles. The molecule has 12 nitrogen and oxygen atoms in total. The molecule has 0 fully saturated rings. The first kappa shape index (κ1) is 45.5. The number of carbonyl (C=O) groups is 2. The Kier molecular flexibility index (Phi) is 17.5. The molecule has 1 amide bonds. The Hall–Kier alpha value is -2.93. The topological polar surface area (TPSA) is 140 Å². The molecular formula is C37H51N3O9S5. The van der Waals surface area contributed by atoms with Crippen molar-refractivity contribution in [2.45, 2.75) is 74.9 Å². The lowest BCUT2D eigenvalue weighted by Gasteiger charge is -2.28. The monoisotopic (exact) mass is 841 g/mol. The van der Waals surface area contributed by atoms with Gasteiger partial charge in [0.25, 0.3) is 0 Å². The fourth-order valence-electron chi connectivity index (χ4n) is 4.84. The van der Waals surface area contributed by atoms with E-state index in [0.717, 1.165) is 33.6 Å². The molecule has 4 rings (SSSR count). The number of nitrogens with zero attached hydrogens (tertiary/aromatic N) is 3. The minimum atomic E-state index is -3.46. The van der Waals surface area contributed by atoms with E-state index in [1.165, 1.54) is 16.4 Å². The molecule has 0 saturated carbocycles. The highest BCUT2D eigenvalue weighted by molar-refractivity contribution is 8.72. The summed E-state index contributed by atoms with van der Waals surface area (Å²) in [5.41, 5.74) is 0.719. The van der Waals surface area contributed by atoms with E-state index < -0.39 is 23.8 Å². The first-order chi connectivity index (χ1) is 25.3. The van der Waals surface area contributed by atoms with Gasteiger partial charge in [-0.2, -0.15) is 0 Å². The fourth-order valence-corrected chi connectivity index (χ4v) is 12.0. The minimum absolute atomic E-state index is 0.125. The van der Waals surface area contributed by atoms with Crippen LogP contribution in [0.5, 0.6) is 11.5 Å². The van der Waals surface area contributed by atoms with Crippen LogP contribution in [0.15, 0.2) is 88.7 Å². The zero-order valence-corrected chi connectivity index (χ0v) is 36.0. The number of ether oxygens (including phenoxy) is 3. The zero-order chi connectivity index (χ0) is 40.1. The number of amides is 1. The van der Waals surface area contributed by atoms with Crippen LogP contribution < -0.4 is 9.47 Å². The summed E-state index contributed by atoms with van der Waals surface area (Å²) in [7, 11) is 0.0177.